The molecule has 3 N–H and O–H groups in total. The van der Waals surface area contributed by atoms with Gasteiger partial charge >= 0.3 is 0 Å². The van der Waals surface area contributed by atoms with Crippen molar-refractivity contribution < 1.29 is 10.6 Å². The number of allylic oxidation sites excluding steroid dienone is 5. The molecule has 0 aromatic heterocycles. The average Bonchev–Trinajstić information content (AvgIpc) is 2.74. The van der Waals surface area contributed by atoms with E-state index in [1.54, 1.807) is 5.57 Å². The summed E-state index contributed by atoms with van der Waals surface area (Å²) in [5, 5.41) is 10.9. The third-order valence-electron chi connectivity index (χ3n) is 8.71. The minimum absolute atomic E-state index is 0. The molecule has 0 heterocycles. The highest BCUT2D eigenvalue weighted by Crippen LogP contribution is 2.42. The highest BCUT2D eigenvalue weighted by atomic mass is 16.3. The summed E-state index contributed by atoms with van der Waals surface area (Å²) in [4.78, 5) is 0. The Bertz CT molecular complexity index is 608. The normalized spacial score (nSPS) is 31.8. The zero-order chi connectivity index (χ0) is 21.5. The Morgan fingerprint density at radius 2 is 1.81 bits per heavy atom. The molecule has 0 aromatic rings. The second kappa shape index (κ2) is 13.0. The van der Waals surface area contributed by atoms with E-state index in [-0.39, 0.29) is 11.6 Å². The molecule has 0 bridgehead atoms. The third-order valence-corrected chi connectivity index (χ3v) is 8.71. The molecule has 0 aliphatic heterocycles. The maximum Gasteiger partial charge on any atom is 0.0583 e. The van der Waals surface area contributed by atoms with Crippen LogP contribution in [0.15, 0.2) is 35.5 Å². The summed E-state index contributed by atoms with van der Waals surface area (Å²) in [6.45, 7) is 9.33. The Hall–Kier alpha value is -0.860. The van der Waals surface area contributed by atoms with Crippen molar-refractivity contribution in [3.8, 4) is 0 Å². The second-order valence-electron chi connectivity index (χ2n) is 11.2. The summed E-state index contributed by atoms with van der Waals surface area (Å²) < 4.78 is 0. The number of rotatable bonds is 9. The molecule has 2 heteroatoms. The molecule has 178 valence electrons. The molecule has 2 unspecified atom stereocenters. The summed E-state index contributed by atoms with van der Waals surface area (Å²) in [5.74, 6) is 4.85. The minimum Gasteiger partial charge on any atom is -0.412 e. The lowest BCUT2D eigenvalue weighted by molar-refractivity contribution is 0.102. The van der Waals surface area contributed by atoms with E-state index in [4.69, 9.17) is 0 Å². The third kappa shape index (κ3) is 8.21. The van der Waals surface area contributed by atoms with E-state index in [0.717, 1.165) is 42.9 Å². The van der Waals surface area contributed by atoms with Gasteiger partial charge < -0.3 is 10.6 Å². The largest absolute Gasteiger partial charge is 0.412 e. The van der Waals surface area contributed by atoms with Crippen LogP contribution in [0.25, 0.3) is 0 Å². The summed E-state index contributed by atoms with van der Waals surface area (Å²) in [5.41, 5.74) is 2.96. The Labute approximate surface area is 192 Å². The van der Waals surface area contributed by atoms with Gasteiger partial charge in [-0.05, 0) is 106 Å². The first-order chi connectivity index (χ1) is 14.4. The molecule has 0 aromatic carbocycles. The van der Waals surface area contributed by atoms with E-state index in [9.17, 15) is 5.11 Å². The van der Waals surface area contributed by atoms with Crippen LogP contribution in [0.1, 0.15) is 105 Å². The number of aliphatic hydroxyl groups excluding tert-OH is 1. The van der Waals surface area contributed by atoms with Crippen LogP contribution in [0.5, 0.6) is 0 Å². The predicted octanol–water partition coefficient (Wildman–Crippen LogP) is 7.43. The fraction of sp³-hybridized carbons (Fsp3) is 0.793. The van der Waals surface area contributed by atoms with E-state index in [1.807, 2.05) is 0 Å². The van der Waals surface area contributed by atoms with Crippen LogP contribution >= 0.6 is 0 Å². The lowest BCUT2D eigenvalue weighted by atomic mass is 9.69. The van der Waals surface area contributed by atoms with Crippen LogP contribution in [0, 0.1) is 35.5 Å². The molecule has 31 heavy (non-hydrogen) atoms. The van der Waals surface area contributed by atoms with Crippen molar-refractivity contribution in [1.82, 2.24) is 0 Å². The van der Waals surface area contributed by atoms with Crippen LogP contribution in [-0.2, 0) is 0 Å². The number of hydrogen-bond acceptors (Lipinski definition) is 1. The first-order valence-electron chi connectivity index (χ1n) is 13.2. The zero-order valence-corrected chi connectivity index (χ0v) is 20.8. The molecule has 2 nitrogen and oxygen atoms in total. The van der Waals surface area contributed by atoms with E-state index in [2.05, 4.69) is 52.0 Å². The van der Waals surface area contributed by atoms with Gasteiger partial charge in [-0.1, -0.05) is 69.9 Å². The Balaban J connectivity index is 0.00000341. The van der Waals surface area contributed by atoms with Crippen molar-refractivity contribution in [2.24, 2.45) is 35.5 Å². The number of aliphatic hydroxyl groups is 1. The standard InChI is InChI=1S/C29H48O.H2O/c1-5-23(4)28(20-29(30)19-25-8-6-7-22(3)17-25)18-24-11-15-27(16-12-24)26-13-9-21(2)10-14-26;/h6,8-9,17,22-24,26-30H,5,7,10-16,18-20H2,1-4H3;1H2/t22?,23-,24?,26?,27?,28-,29-;/m1./s1. The lowest BCUT2D eigenvalue weighted by Crippen LogP contribution is -2.27. The topological polar surface area (TPSA) is 51.7 Å². The fourth-order valence-electron chi connectivity index (χ4n) is 6.40. The van der Waals surface area contributed by atoms with Gasteiger partial charge in [-0.25, -0.2) is 0 Å². The van der Waals surface area contributed by atoms with Gasteiger partial charge in [0, 0.05) is 0 Å². The smallest absolute Gasteiger partial charge is 0.0583 e. The average molecular weight is 431 g/mol. The van der Waals surface area contributed by atoms with Gasteiger partial charge in [0.05, 0.1) is 6.10 Å². The Morgan fingerprint density at radius 1 is 1.06 bits per heavy atom. The summed E-state index contributed by atoms with van der Waals surface area (Å²) in [6, 6.07) is 0. The first kappa shape index (κ1) is 26.4. The molecule has 3 rings (SSSR count). The van der Waals surface area contributed by atoms with Gasteiger partial charge in [-0.2, -0.15) is 0 Å². The summed E-state index contributed by atoms with van der Waals surface area (Å²) in [6.07, 6.45) is 24.6. The van der Waals surface area contributed by atoms with Gasteiger partial charge in [-0.15, -0.1) is 0 Å². The predicted molar refractivity (Wildman–Crippen MR) is 134 cm³/mol. The van der Waals surface area contributed by atoms with Gasteiger partial charge in [0.1, 0.15) is 0 Å². The van der Waals surface area contributed by atoms with Gasteiger partial charge in [0.25, 0.3) is 0 Å². The summed E-state index contributed by atoms with van der Waals surface area (Å²) in [7, 11) is 0. The van der Waals surface area contributed by atoms with Gasteiger partial charge in [-0.3, -0.25) is 0 Å². The van der Waals surface area contributed by atoms with E-state index >= 15 is 0 Å². The Morgan fingerprint density at radius 3 is 2.42 bits per heavy atom. The second-order valence-corrected chi connectivity index (χ2v) is 11.2. The quantitative estimate of drug-likeness (QED) is 0.380. The highest BCUT2D eigenvalue weighted by molar-refractivity contribution is 5.24. The van der Waals surface area contributed by atoms with Gasteiger partial charge in [0.15, 0.2) is 0 Å². The van der Waals surface area contributed by atoms with Crippen LogP contribution < -0.4 is 0 Å². The molecule has 5 atom stereocenters. The van der Waals surface area contributed by atoms with Crippen molar-refractivity contribution in [2.75, 3.05) is 0 Å². The first-order valence-corrected chi connectivity index (χ1v) is 13.2. The monoisotopic (exact) mass is 430 g/mol. The molecule has 3 aliphatic carbocycles. The molecule has 0 saturated heterocycles. The van der Waals surface area contributed by atoms with E-state index in [0.29, 0.717) is 11.8 Å². The van der Waals surface area contributed by atoms with Crippen molar-refractivity contribution in [3.05, 3.63) is 35.5 Å². The van der Waals surface area contributed by atoms with Crippen molar-refractivity contribution in [3.63, 3.8) is 0 Å². The van der Waals surface area contributed by atoms with Crippen LogP contribution in [0.4, 0.5) is 0 Å². The molecule has 0 radical (unpaired) electrons. The maximum absolute atomic E-state index is 10.9. The number of hydrogen-bond donors (Lipinski definition) is 1. The van der Waals surface area contributed by atoms with Crippen LogP contribution in [0.2, 0.25) is 0 Å². The van der Waals surface area contributed by atoms with E-state index < -0.39 is 0 Å². The van der Waals surface area contributed by atoms with Crippen molar-refractivity contribution >= 4 is 0 Å². The molecular formula is C29H50O2. The Kier molecular flexibility index (Phi) is 11.1. The lowest BCUT2D eigenvalue weighted by Gasteiger charge is -2.37. The SMILES string of the molecule is CC[C@@H](C)[C@H](CC1CCC(C2CC=C(C)CC2)CC1)C[C@H](O)CC1=CC(C)CC=C1.O. The minimum atomic E-state index is -0.182. The highest BCUT2D eigenvalue weighted by Gasteiger charge is 2.31. The zero-order valence-electron chi connectivity index (χ0n) is 20.8. The van der Waals surface area contributed by atoms with E-state index in [1.165, 1.54) is 63.4 Å². The summed E-state index contributed by atoms with van der Waals surface area (Å²) >= 11 is 0. The van der Waals surface area contributed by atoms with Crippen molar-refractivity contribution in [1.29, 1.82) is 0 Å². The molecule has 1 fully saturated rings. The maximum atomic E-state index is 10.9. The fourth-order valence-corrected chi connectivity index (χ4v) is 6.40. The molecule has 1 saturated carbocycles. The van der Waals surface area contributed by atoms with Crippen LogP contribution in [-0.4, -0.2) is 16.7 Å². The van der Waals surface area contributed by atoms with Crippen LogP contribution in [0.3, 0.4) is 0 Å². The van der Waals surface area contributed by atoms with Crippen molar-refractivity contribution in [2.45, 2.75) is 111 Å². The molecule has 3 aliphatic rings. The molecule has 0 spiro atoms. The molecule has 0 amide bonds. The molecular weight excluding hydrogens is 380 g/mol. The van der Waals surface area contributed by atoms with Gasteiger partial charge in [0.2, 0.25) is 0 Å².